The van der Waals surface area contributed by atoms with Crippen LogP contribution in [0, 0.1) is 0 Å². The normalized spacial score (nSPS) is 10.4. The van der Waals surface area contributed by atoms with E-state index in [0.717, 1.165) is 22.4 Å². The number of pyridine rings is 1. The average molecular weight is 261 g/mol. The van der Waals surface area contributed by atoms with E-state index in [4.69, 9.17) is 11.5 Å². The first-order valence-electron chi connectivity index (χ1n) is 6.42. The molecule has 0 spiro atoms. The van der Waals surface area contributed by atoms with Crippen LogP contribution in [0.25, 0.3) is 22.4 Å². The van der Waals surface area contributed by atoms with E-state index in [0.29, 0.717) is 11.4 Å². The van der Waals surface area contributed by atoms with Gasteiger partial charge in [-0.05, 0) is 5.56 Å². The molecule has 0 fully saturated rings. The third-order valence-electron chi connectivity index (χ3n) is 3.29. The number of hydrogen-bond donors (Lipinski definition) is 2. The van der Waals surface area contributed by atoms with Crippen LogP contribution in [-0.2, 0) is 0 Å². The number of aromatic nitrogens is 1. The molecule has 0 bridgehead atoms. The molecule has 0 aliphatic rings. The van der Waals surface area contributed by atoms with Gasteiger partial charge in [0.1, 0.15) is 0 Å². The molecular weight excluding hydrogens is 246 g/mol. The van der Waals surface area contributed by atoms with Crippen LogP contribution >= 0.6 is 0 Å². The minimum absolute atomic E-state index is 0.526. The third kappa shape index (κ3) is 2.10. The van der Waals surface area contributed by atoms with Crippen molar-refractivity contribution >= 4 is 11.4 Å². The van der Waals surface area contributed by atoms with Gasteiger partial charge in [0.05, 0.1) is 17.1 Å². The lowest BCUT2D eigenvalue weighted by molar-refractivity contribution is 1.33. The average Bonchev–Trinajstić information content (AvgIpc) is 2.52. The van der Waals surface area contributed by atoms with Crippen molar-refractivity contribution in [1.29, 1.82) is 0 Å². The number of rotatable bonds is 2. The number of benzene rings is 2. The van der Waals surface area contributed by atoms with Gasteiger partial charge in [-0.3, -0.25) is 4.98 Å². The van der Waals surface area contributed by atoms with Crippen LogP contribution in [0.5, 0.6) is 0 Å². The Labute approximate surface area is 117 Å². The molecule has 3 nitrogen and oxygen atoms in total. The van der Waals surface area contributed by atoms with E-state index in [-0.39, 0.29) is 0 Å². The molecule has 0 unspecified atom stereocenters. The summed E-state index contributed by atoms with van der Waals surface area (Å²) in [6, 6.07) is 19.7. The van der Waals surface area contributed by atoms with Crippen LogP contribution in [-0.4, -0.2) is 4.98 Å². The first kappa shape index (κ1) is 12.2. The van der Waals surface area contributed by atoms with E-state index in [9.17, 15) is 0 Å². The highest BCUT2D eigenvalue weighted by atomic mass is 14.8. The second-order valence-corrected chi connectivity index (χ2v) is 4.58. The molecule has 2 aromatic carbocycles. The highest BCUT2D eigenvalue weighted by Crippen LogP contribution is 2.35. The molecule has 0 saturated heterocycles. The van der Waals surface area contributed by atoms with E-state index >= 15 is 0 Å². The van der Waals surface area contributed by atoms with Crippen LogP contribution < -0.4 is 11.5 Å². The summed E-state index contributed by atoms with van der Waals surface area (Å²) in [4.78, 5) is 4.48. The molecule has 0 aliphatic carbocycles. The molecule has 3 rings (SSSR count). The summed E-state index contributed by atoms with van der Waals surface area (Å²) in [6.45, 7) is 0. The van der Waals surface area contributed by atoms with Crippen molar-refractivity contribution in [2.45, 2.75) is 0 Å². The minimum atomic E-state index is 0.526. The maximum atomic E-state index is 6.19. The van der Waals surface area contributed by atoms with Gasteiger partial charge in [-0.2, -0.15) is 0 Å². The Kier molecular flexibility index (Phi) is 3.09. The summed E-state index contributed by atoms with van der Waals surface area (Å²) in [5.41, 5.74) is 17.0. The van der Waals surface area contributed by atoms with Crippen molar-refractivity contribution < 1.29 is 0 Å². The monoisotopic (exact) mass is 261 g/mol. The maximum Gasteiger partial charge on any atom is 0.0952 e. The standard InChI is InChI=1S/C17H15N3/c18-15-14(12-7-3-1-4-8-12)11-20-17(16(15)19)13-9-5-2-6-10-13/h1-11H,19H2,(H2,18,20). The first-order chi connectivity index (χ1) is 9.77. The van der Waals surface area contributed by atoms with Gasteiger partial charge in [-0.25, -0.2) is 0 Å². The molecule has 0 aliphatic heterocycles. The predicted molar refractivity (Wildman–Crippen MR) is 83.9 cm³/mol. The lowest BCUT2D eigenvalue weighted by Gasteiger charge is -2.12. The summed E-state index contributed by atoms with van der Waals surface area (Å²) >= 11 is 0. The fourth-order valence-corrected chi connectivity index (χ4v) is 2.21. The number of anilines is 2. The second-order valence-electron chi connectivity index (χ2n) is 4.58. The largest absolute Gasteiger partial charge is 0.396 e. The van der Waals surface area contributed by atoms with E-state index in [1.807, 2.05) is 60.7 Å². The molecule has 0 saturated carbocycles. The SMILES string of the molecule is Nc1c(-c2ccccc2)cnc(-c2ccccc2)c1N. The Morgan fingerprint density at radius 1 is 0.650 bits per heavy atom. The smallest absolute Gasteiger partial charge is 0.0952 e. The Hall–Kier alpha value is -2.81. The number of nitrogens with zero attached hydrogens (tertiary/aromatic N) is 1. The molecule has 0 amide bonds. The van der Waals surface area contributed by atoms with Gasteiger partial charge in [0, 0.05) is 17.3 Å². The summed E-state index contributed by atoms with van der Waals surface area (Å²) in [6.07, 6.45) is 1.78. The Morgan fingerprint density at radius 2 is 1.20 bits per heavy atom. The summed E-state index contributed by atoms with van der Waals surface area (Å²) < 4.78 is 0. The summed E-state index contributed by atoms with van der Waals surface area (Å²) in [7, 11) is 0. The fraction of sp³-hybridized carbons (Fsp3) is 0. The van der Waals surface area contributed by atoms with E-state index in [2.05, 4.69) is 4.98 Å². The Morgan fingerprint density at radius 3 is 1.80 bits per heavy atom. The van der Waals surface area contributed by atoms with E-state index in [1.54, 1.807) is 6.20 Å². The zero-order chi connectivity index (χ0) is 13.9. The van der Waals surface area contributed by atoms with Crippen molar-refractivity contribution in [3.63, 3.8) is 0 Å². The molecule has 4 N–H and O–H groups in total. The van der Waals surface area contributed by atoms with Gasteiger partial charge in [0.25, 0.3) is 0 Å². The zero-order valence-electron chi connectivity index (χ0n) is 11.0. The molecule has 20 heavy (non-hydrogen) atoms. The van der Waals surface area contributed by atoms with Crippen LogP contribution in [0.3, 0.4) is 0 Å². The van der Waals surface area contributed by atoms with Crippen molar-refractivity contribution in [1.82, 2.24) is 4.98 Å². The highest BCUT2D eigenvalue weighted by molar-refractivity contribution is 5.90. The molecule has 0 radical (unpaired) electrons. The number of hydrogen-bond acceptors (Lipinski definition) is 3. The number of nitrogens with two attached hydrogens (primary N) is 2. The topological polar surface area (TPSA) is 64.9 Å². The minimum Gasteiger partial charge on any atom is -0.396 e. The lowest BCUT2D eigenvalue weighted by atomic mass is 10.0. The fourth-order valence-electron chi connectivity index (χ4n) is 2.21. The van der Waals surface area contributed by atoms with Gasteiger partial charge < -0.3 is 11.5 Å². The highest BCUT2D eigenvalue weighted by Gasteiger charge is 2.12. The van der Waals surface area contributed by atoms with Gasteiger partial charge in [0.2, 0.25) is 0 Å². The van der Waals surface area contributed by atoms with Crippen LogP contribution in [0.1, 0.15) is 0 Å². The van der Waals surface area contributed by atoms with Gasteiger partial charge in [-0.1, -0.05) is 60.7 Å². The third-order valence-corrected chi connectivity index (χ3v) is 3.29. The lowest BCUT2D eigenvalue weighted by Crippen LogP contribution is -2.02. The van der Waals surface area contributed by atoms with Crippen molar-refractivity contribution in [3.05, 3.63) is 66.9 Å². The van der Waals surface area contributed by atoms with Crippen molar-refractivity contribution in [3.8, 4) is 22.4 Å². The Bertz CT molecular complexity index is 657. The summed E-state index contributed by atoms with van der Waals surface area (Å²) in [5.74, 6) is 0. The van der Waals surface area contributed by atoms with Crippen LogP contribution in [0.2, 0.25) is 0 Å². The molecule has 1 heterocycles. The zero-order valence-corrected chi connectivity index (χ0v) is 11.0. The van der Waals surface area contributed by atoms with E-state index in [1.165, 1.54) is 0 Å². The van der Waals surface area contributed by atoms with Gasteiger partial charge >= 0.3 is 0 Å². The maximum absolute atomic E-state index is 6.19. The van der Waals surface area contributed by atoms with Crippen molar-refractivity contribution in [2.24, 2.45) is 0 Å². The predicted octanol–water partition coefficient (Wildman–Crippen LogP) is 3.58. The van der Waals surface area contributed by atoms with Crippen LogP contribution in [0.15, 0.2) is 66.9 Å². The summed E-state index contributed by atoms with van der Waals surface area (Å²) in [5, 5.41) is 0. The quantitative estimate of drug-likeness (QED) is 0.741. The van der Waals surface area contributed by atoms with Crippen LogP contribution in [0.4, 0.5) is 11.4 Å². The van der Waals surface area contributed by atoms with Gasteiger partial charge in [-0.15, -0.1) is 0 Å². The van der Waals surface area contributed by atoms with Crippen molar-refractivity contribution in [2.75, 3.05) is 11.5 Å². The molecule has 1 aromatic heterocycles. The molecule has 0 atom stereocenters. The molecule has 3 aromatic rings. The molecular formula is C17H15N3. The first-order valence-corrected chi connectivity index (χ1v) is 6.42. The molecule has 3 heteroatoms. The second kappa shape index (κ2) is 5.05. The van der Waals surface area contributed by atoms with E-state index < -0.39 is 0 Å². The Balaban J connectivity index is 2.13. The number of nitrogen functional groups attached to an aromatic ring is 2. The molecule has 98 valence electrons. The van der Waals surface area contributed by atoms with Gasteiger partial charge in [0.15, 0.2) is 0 Å².